The number of nitriles is 1. The summed E-state index contributed by atoms with van der Waals surface area (Å²) < 4.78 is 6.43. The molecule has 0 unspecified atom stereocenters. The number of thiophene rings is 1. The van der Waals surface area contributed by atoms with E-state index in [1.807, 2.05) is 18.2 Å². The van der Waals surface area contributed by atoms with Gasteiger partial charge in [-0.15, -0.1) is 11.3 Å². The molecule has 0 saturated carbocycles. The number of anilines is 1. The van der Waals surface area contributed by atoms with E-state index in [0.29, 0.717) is 17.2 Å². The van der Waals surface area contributed by atoms with Crippen LogP contribution in [0.25, 0.3) is 0 Å². The van der Waals surface area contributed by atoms with E-state index < -0.39 is 0 Å². The fraction of sp³-hybridized carbons (Fsp3) is 0.143. The van der Waals surface area contributed by atoms with Crippen molar-refractivity contribution >= 4 is 38.2 Å². The van der Waals surface area contributed by atoms with Crippen molar-refractivity contribution in [1.29, 1.82) is 5.26 Å². The van der Waals surface area contributed by atoms with Gasteiger partial charge in [0.05, 0.1) is 5.56 Å². The quantitative estimate of drug-likeness (QED) is 0.903. The van der Waals surface area contributed by atoms with Gasteiger partial charge in [-0.25, -0.2) is 0 Å². The first-order chi connectivity index (χ1) is 9.69. The molecule has 1 amide bonds. The molecule has 1 N–H and O–H groups in total. The average Bonchev–Trinajstić information content (AvgIpc) is 3.04. The monoisotopic (exact) mass is 348 g/mol. The van der Waals surface area contributed by atoms with Gasteiger partial charge in [0.15, 0.2) is 0 Å². The molecule has 1 aliphatic rings. The molecule has 4 nitrogen and oxygen atoms in total. The number of carbonyl (C=O) groups excluding carboxylic acids is 1. The summed E-state index contributed by atoms with van der Waals surface area (Å²) >= 11 is 4.74. The van der Waals surface area contributed by atoms with Crippen LogP contribution in [-0.2, 0) is 4.79 Å². The van der Waals surface area contributed by atoms with E-state index in [1.54, 1.807) is 11.4 Å². The van der Waals surface area contributed by atoms with Gasteiger partial charge >= 0.3 is 0 Å². The van der Waals surface area contributed by atoms with Gasteiger partial charge in [0.25, 0.3) is 0 Å². The van der Waals surface area contributed by atoms with Crippen molar-refractivity contribution in [1.82, 2.24) is 0 Å². The Bertz CT molecular complexity index is 720. The minimum atomic E-state index is -0.351. The van der Waals surface area contributed by atoms with Gasteiger partial charge in [-0.3, -0.25) is 4.79 Å². The normalized spacial score (nSPS) is 16.1. The number of benzene rings is 1. The SMILES string of the molecule is N#Cc1ccsc1NC(=O)[C@H]1COc2ccc(Br)cc21. The molecule has 2 heterocycles. The summed E-state index contributed by atoms with van der Waals surface area (Å²) in [5, 5.41) is 14.1. The third kappa shape index (κ3) is 2.30. The van der Waals surface area contributed by atoms with E-state index in [-0.39, 0.29) is 11.8 Å². The summed E-state index contributed by atoms with van der Waals surface area (Å²) in [6.45, 7) is 0.324. The van der Waals surface area contributed by atoms with E-state index >= 15 is 0 Å². The Morgan fingerprint density at radius 2 is 2.35 bits per heavy atom. The maximum absolute atomic E-state index is 12.3. The number of nitrogens with zero attached hydrogens (tertiary/aromatic N) is 1. The lowest BCUT2D eigenvalue weighted by Crippen LogP contribution is -2.22. The number of fused-ring (bicyclic) bond motifs is 1. The molecular formula is C14H9BrN2O2S. The van der Waals surface area contributed by atoms with Gasteiger partial charge in [0, 0.05) is 10.0 Å². The number of hydrogen-bond acceptors (Lipinski definition) is 4. The second kappa shape index (κ2) is 5.27. The Morgan fingerprint density at radius 3 is 3.15 bits per heavy atom. The number of amides is 1. The molecule has 20 heavy (non-hydrogen) atoms. The van der Waals surface area contributed by atoms with E-state index in [9.17, 15) is 4.79 Å². The molecule has 1 aliphatic heterocycles. The summed E-state index contributed by atoms with van der Waals surface area (Å²) in [7, 11) is 0. The van der Waals surface area contributed by atoms with Gasteiger partial charge in [-0.1, -0.05) is 15.9 Å². The first kappa shape index (κ1) is 13.2. The molecule has 3 rings (SSSR count). The highest BCUT2D eigenvalue weighted by Gasteiger charge is 2.31. The highest BCUT2D eigenvalue weighted by Crippen LogP contribution is 2.37. The predicted octanol–water partition coefficient (Wildman–Crippen LogP) is 3.50. The van der Waals surface area contributed by atoms with Crippen molar-refractivity contribution in [3.63, 3.8) is 0 Å². The topological polar surface area (TPSA) is 62.1 Å². The van der Waals surface area contributed by atoms with Crippen LogP contribution in [0.2, 0.25) is 0 Å². The maximum Gasteiger partial charge on any atom is 0.236 e. The van der Waals surface area contributed by atoms with Gasteiger partial charge in [0.1, 0.15) is 29.3 Å². The standard InChI is InChI=1S/C14H9BrN2O2S/c15-9-1-2-12-10(5-9)11(7-19-12)13(18)17-14-8(6-16)3-4-20-14/h1-5,11H,7H2,(H,17,18)/t11-/m0/s1. The molecule has 6 heteroatoms. The van der Waals surface area contributed by atoms with Crippen LogP contribution >= 0.6 is 27.3 Å². The Morgan fingerprint density at radius 1 is 1.50 bits per heavy atom. The molecule has 2 aromatic rings. The second-order valence-electron chi connectivity index (χ2n) is 4.31. The van der Waals surface area contributed by atoms with Crippen LogP contribution in [0.15, 0.2) is 34.1 Å². The summed E-state index contributed by atoms with van der Waals surface area (Å²) in [4.78, 5) is 12.3. The van der Waals surface area contributed by atoms with Crippen molar-refractivity contribution in [3.05, 3.63) is 45.2 Å². The van der Waals surface area contributed by atoms with Gasteiger partial charge in [-0.2, -0.15) is 5.26 Å². The van der Waals surface area contributed by atoms with Crippen LogP contribution in [-0.4, -0.2) is 12.5 Å². The van der Waals surface area contributed by atoms with Crippen molar-refractivity contribution < 1.29 is 9.53 Å². The van der Waals surface area contributed by atoms with Crippen LogP contribution in [0.1, 0.15) is 17.0 Å². The van der Waals surface area contributed by atoms with E-state index in [4.69, 9.17) is 10.00 Å². The molecule has 100 valence electrons. The van der Waals surface area contributed by atoms with Crippen molar-refractivity contribution in [2.75, 3.05) is 11.9 Å². The van der Waals surface area contributed by atoms with Gasteiger partial charge in [-0.05, 0) is 29.6 Å². The van der Waals surface area contributed by atoms with E-state index in [0.717, 1.165) is 15.8 Å². The molecule has 1 atom stereocenters. The smallest absolute Gasteiger partial charge is 0.236 e. The third-order valence-electron chi connectivity index (χ3n) is 3.09. The van der Waals surface area contributed by atoms with Crippen LogP contribution in [0, 0.1) is 11.3 Å². The van der Waals surface area contributed by atoms with Crippen LogP contribution in [0.3, 0.4) is 0 Å². The van der Waals surface area contributed by atoms with E-state index in [2.05, 4.69) is 27.3 Å². The summed E-state index contributed by atoms with van der Waals surface area (Å²) in [5.41, 5.74) is 1.35. The largest absolute Gasteiger partial charge is 0.492 e. The Hall–Kier alpha value is -1.84. The third-order valence-corrected chi connectivity index (χ3v) is 4.41. The Labute approximate surface area is 128 Å². The molecule has 0 bridgehead atoms. The summed E-state index contributed by atoms with van der Waals surface area (Å²) in [5.74, 6) is 0.233. The minimum absolute atomic E-state index is 0.152. The summed E-state index contributed by atoms with van der Waals surface area (Å²) in [6.07, 6.45) is 0. The Kier molecular flexibility index (Phi) is 3.47. The molecule has 1 aromatic heterocycles. The zero-order valence-electron chi connectivity index (χ0n) is 10.2. The molecule has 0 spiro atoms. The lowest BCUT2D eigenvalue weighted by molar-refractivity contribution is -0.117. The van der Waals surface area contributed by atoms with Crippen LogP contribution in [0.5, 0.6) is 5.75 Å². The van der Waals surface area contributed by atoms with Crippen molar-refractivity contribution in [2.45, 2.75) is 5.92 Å². The van der Waals surface area contributed by atoms with Gasteiger partial charge in [0.2, 0.25) is 5.91 Å². The van der Waals surface area contributed by atoms with E-state index in [1.165, 1.54) is 11.3 Å². The number of rotatable bonds is 2. The average molecular weight is 349 g/mol. The molecule has 0 radical (unpaired) electrons. The lowest BCUT2D eigenvalue weighted by atomic mass is 10.0. The summed E-state index contributed by atoms with van der Waals surface area (Å²) in [6, 6.07) is 9.37. The van der Waals surface area contributed by atoms with Crippen LogP contribution in [0.4, 0.5) is 5.00 Å². The molecule has 1 aromatic carbocycles. The van der Waals surface area contributed by atoms with Crippen molar-refractivity contribution in [2.24, 2.45) is 0 Å². The Balaban J connectivity index is 1.84. The number of halogens is 1. The lowest BCUT2D eigenvalue weighted by Gasteiger charge is -2.09. The highest BCUT2D eigenvalue weighted by molar-refractivity contribution is 9.10. The number of carbonyl (C=O) groups is 1. The van der Waals surface area contributed by atoms with Crippen LogP contribution < -0.4 is 10.1 Å². The molecular weight excluding hydrogens is 340 g/mol. The zero-order chi connectivity index (χ0) is 14.1. The molecule has 0 aliphatic carbocycles. The molecule has 0 saturated heterocycles. The maximum atomic E-state index is 12.3. The zero-order valence-corrected chi connectivity index (χ0v) is 12.6. The van der Waals surface area contributed by atoms with Gasteiger partial charge < -0.3 is 10.1 Å². The number of nitrogens with one attached hydrogen (secondary N) is 1. The second-order valence-corrected chi connectivity index (χ2v) is 6.14. The first-order valence-electron chi connectivity index (χ1n) is 5.89. The fourth-order valence-corrected chi connectivity index (χ4v) is 3.22. The minimum Gasteiger partial charge on any atom is -0.492 e. The molecule has 0 fully saturated rings. The number of ether oxygens (including phenoxy) is 1. The first-order valence-corrected chi connectivity index (χ1v) is 7.57. The number of hydrogen-bond donors (Lipinski definition) is 1. The predicted molar refractivity (Wildman–Crippen MR) is 80.0 cm³/mol. The highest BCUT2D eigenvalue weighted by atomic mass is 79.9. The van der Waals surface area contributed by atoms with Crippen molar-refractivity contribution in [3.8, 4) is 11.8 Å². The fourth-order valence-electron chi connectivity index (χ4n) is 2.10.